The zero-order valence-electron chi connectivity index (χ0n) is 9.23. The molecule has 0 heterocycles. The number of hydrogen-bond acceptors (Lipinski definition) is 3. The highest BCUT2D eigenvalue weighted by atomic mass is 32.2. The van der Waals surface area contributed by atoms with Crippen LogP contribution in [0.15, 0.2) is 0 Å². The molecule has 0 saturated carbocycles. The maximum absolute atomic E-state index is 11.5. The summed E-state index contributed by atoms with van der Waals surface area (Å²) in [6.45, 7) is 6.75. The van der Waals surface area contributed by atoms with Crippen LogP contribution >= 0.6 is 0 Å². The van der Waals surface area contributed by atoms with Crippen molar-refractivity contribution >= 4 is 16.1 Å². The molecule has 0 aliphatic rings. The fourth-order valence-corrected chi connectivity index (χ4v) is 1.78. The second kappa shape index (κ2) is 4.75. The van der Waals surface area contributed by atoms with Crippen molar-refractivity contribution in [1.29, 1.82) is 0 Å². The molecule has 0 aromatic heterocycles. The Balaban J connectivity index is 4.59. The Morgan fingerprint density at radius 3 is 1.93 bits per heavy atom. The van der Waals surface area contributed by atoms with Crippen molar-refractivity contribution in [2.45, 2.75) is 33.7 Å². The summed E-state index contributed by atoms with van der Waals surface area (Å²) < 4.78 is 26.1. The van der Waals surface area contributed by atoms with Gasteiger partial charge in [0.2, 0.25) is 5.91 Å². The van der Waals surface area contributed by atoms with Crippen LogP contribution in [0, 0.1) is 5.92 Å². The van der Waals surface area contributed by atoms with Crippen LogP contribution in [-0.2, 0) is 15.0 Å². The van der Waals surface area contributed by atoms with Crippen LogP contribution in [0.4, 0.5) is 0 Å². The normalized spacial score (nSPS) is 12.6. The van der Waals surface area contributed by atoms with E-state index in [9.17, 15) is 13.2 Å². The molecule has 0 rings (SSSR count). The van der Waals surface area contributed by atoms with Crippen molar-refractivity contribution in [3.63, 3.8) is 0 Å². The standard InChI is InChI=1S/C8H18N2O3S/c1-6(2)8(11)9-14(12,13)10(5)7(3)4/h6-7H,1-5H3,(H,9,11). The summed E-state index contributed by atoms with van der Waals surface area (Å²) in [6.07, 6.45) is 0. The predicted molar refractivity (Wildman–Crippen MR) is 54.8 cm³/mol. The molecule has 1 N–H and O–H groups in total. The Bertz CT molecular complexity index is 296. The summed E-state index contributed by atoms with van der Waals surface area (Å²) >= 11 is 0. The second-order valence-electron chi connectivity index (χ2n) is 3.74. The van der Waals surface area contributed by atoms with Crippen LogP contribution in [0.5, 0.6) is 0 Å². The Kier molecular flexibility index (Phi) is 4.54. The number of hydrogen-bond donors (Lipinski definition) is 1. The number of nitrogens with one attached hydrogen (secondary N) is 1. The largest absolute Gasteiger partial charge is 0.303 e. The summed E-state index contributed by atoms with van der Waals surface area (Å²) in [7, 11) is -2.24. The molecular formula is C8H18N2O3S. The lowest BCUT2D eigenvalue weighted by molar-refractivity contribution is -0.122. The summed E-state index contributed by atoms with van der Waals surface area (Å²) in [5.74, 6) is -0.831. The van der Waals surface area contributed by atoms with Crippen molar-refractivity contribution in [2.75, 3.05) is 7.05 Å². The first-order chi connectivity index (χ1) is 6.18. The molecule has 0 aromatic carbocycles. The number of rotatable bonds is 4. The third kappa shape index (κ3) is 3.63. The van der Waals surface area contributed by atoms with Crippen LogP contribution in [0.25, 0.3) is 0 Å². The first-order valence-electron chi connectivity index (χ1n) is 4.48. The van der Waals surface area contributed by atoms with Gasteiger partial charge in [-0.3, -0.25) is 4.79 Å². The van der Waals surface area contributed by atoms with Gasteiger partial charge in [0.05, 0.1) is 0 Å². The molecule has 0 saturated heterocycles. The van der Waals surface area contributed by atoms with Crippen LogP contribution in [0.2, 0.25) is 0 Å². The maximum Gasteiger partial charge on any atom is 0.303 e. The van der Waals surface area contributed by atoms with Gasteiger partial charge in [0.15, 0.2) is 0 Å². The molecule has 0 fully saturated rings. The summed E-state index contributed by atoms with van der Waals surface area (Å²) in [4.78, 5) is 11.2. The molecule has 0 spiro atoms. The molecule has 1 amide bonds. The average molecular weight is 222 g/mol. The molecule has 14 heavy (non-hydrogen) atoms. The van der Waals surface area contributed by atoms with Crippen molar-refractivity contribution in [2.24, 2.45) is 5.92 Å². The van der Waals surface area contributed by atoms with Crippen molar-refractivity contribution in [3.8, 4) is 0 Å². The summed E-state index contributed by atoms with van der Waals surface area (Å²) in [5, 5.41) is 0. The fourth-order valence-electron chi connectivity index (χ4n) is 0.595. The highest BCUT2D eigenvalue weighted by Gasteiger charge is 2.23. The van der Waals surface area contributed by atoms with E-state index in [1.807, 2.05) is 4.72 Å². The van der Waals surface area contributed by atoms with E-state index in [2.05, 4.69) is 0 Å². The van der Waals surface area contributed by atoms with Crippen molar-refractivity contribution < 1.29 is 13.2 Å². The van der Waals surface area contributed by atoms with Gasteiger partial charge in [0, 0.05) is 19.0 Å². The quantitative estimate of drug-likeness (QED) is 0.746. The third-order valence-electron chi connectivity index (χ3n) is 1.86. The van der Waals surface area contributed by atoms with Gasteiger partial charge >= 0.3 is 10.2 Å². The first-order valence-corrected chi connectivity index (χ1v) is 5.92. The Labute approximate surface area is 85.7 Å². The van der Waals surface area contributed by atoms with Gasteiger partial charge in [-0.2, -0.15) is 12.7 Å². The lowest BCUT2D eigenvalue weighted by atomic mass is 10.2. The van der Waals surface area contributed by atoms with Crippen LogP contribution in [0.3, 0.4) is 0 Å². The number of carbonyl (C=O) groups is 1. The topological polar surface area (TPSA) is 66.5 Å². The van der Waals surface area contributed by atoms with Crippen LogP contribution in [0.1, 0.15) is 27.7 Å². The van der Waals surface area contributed by atoms with Gasteiger partial charge in [-0.05, 0) is 13.8 Å². The summed E-state index contributed by atoms with van der Waals surface area (Å²) in [5.41, 5.74) is 0. The molecule has 0 bridgehead atoms. The number of amides is 1. The Morgan fingerprint density at radius 2 is 1.64 bits per heavy atom. The van der Waals surface area contributed by atoms with Gasteiger partial charge in [-0.25, -0.2) is 4.72 Å². The monoisotopic (exact) mass is 222 g/mol. The first kappa shape index (κ1) is 13.4. The van der Waals surface area contributed by atoms with Gasteiger partial charge in [0.1, 0.15) is 0 Å². The summed E-state index contributed by atoms with van der Waals surface area (Å²) in [6, 6.07) is -0.174. The third-order valence-corrected chi connectivity index (χ3v) is 3.50. The minimum absolute atomic E-state index is 0.174. The van der Waals surface area contributed by atoms with Gasteiger partial charge in [-0.1, -0.05) is 13.8 Å². The van der Waals surface area contributed by atoms with E-state index in [1.165, 1.54) is 7.05 Å². The van der Waals surface area contributed by atoms with Gasteiger partial charge in [0.25, 0.3) is 0 Å². The minimum atomic E-state index is -3.67. The molecule has 6 heteroatoms. The lowest BCUT2D eigenvalue weighted by Gasteiger charge is -2.21. The molecule has 0 unspecified atom stereocenters. The average Bonchev–Trinajstić information content (AvgIpc) is 2.01. The zero-order chi connectivity index (χ0) is 11.5. The number of carbonyl (C=O) groups excluding carboxylic acids is 1. The molecule has 0 aliphatic heterocycles. The van der Waals surface area contributed by atoms with E-state index in [0.29, 0.717) is 0 Å². The van der Waals surface area contributed by atoms with Crippen LogP contribution in [-0.4, -0.2) is 31.7 Å². The molecule has 0 aromatic rings. The molecule has 0 aliphatic carbocycles. The fraction of sp³-hybridized carbons (Fsp3) is 0.875. The van der Waals surface area contributed by atoms with Crippen molar-refractivity contribution in [1.82, 2.24) is 9.03 Å². The molecule has 0 radical (unpaired) electrons. The molecule has 0 atom stereocenters. The molecule has 5 nitrogen and oxygen atoms in total. The van der Waals surface area contributed by atoms with Crippen LogP contribution < -0.4 is 4.72 Å². The van der Waals surface area contributed by atoms with E-state index in [0.717, 1.165) is 4.31 Å². The van der Waals surface area contributed by atoms with E-state index in [-0.39, 0.29) is 12.0 Å². The molecular weight excluding hydrogens is 204 g/mol. The van der Waals surface area contributed by atoms with E-state index >= 15 is 0 Å². The zero-order valence-corrected chi connectivity index (χ0v) is 10.1. The van der Waals surface area contributed by atoms with Gasteiger partial charge in [-0.15, -0.1) is 0 Å². The number of nitrogens with zero attached hydrogens (tertiary/aromatic N) is 1. The van der Waals surface area contributed by atoms with Crippen molar-refractivity contribution in [3.05, 3.63) is 0 Å². The maximum atomic E-state index is 11.5. The SMILES string of the molecule is CC(C)C(=O)NS(=O)(=O)N(C)C(C)C. The highest BCUT2D eigenvalue weighted by molar-refractivity contribution is 7.87. The predicted octanol–water partition coefficient (Wildman–Crippen LogP) is 0.344. The smallest absolute Gasteiger partial charge is 0.274 e. The van der Waals surface area contributed by atoms with E-state index in [4.69, 9.17) is 0 Å². The van der Waals surface area contributed by atoms with E-state index in [1.54, 1.807) is 27.7 Å². The minimum Gasteiger partial charge on any atom is -0.274 e. The van der Waals surface area contributed by atoms with Gasteiger partial charge < -0.3 is 0 Å². The lowest BCUT2D eigenvalue weighted by Crippen LogP contribution is -2.45. The van der Waals surface area contributed by atoms with E-state index < -0.39 is 16.1 Å². The molecule has 84 valence electrons. The Hall–Kier alpha value is -0.620. The Morgan fingerprint density at radius 1 is 1.21 bits per heavy atom. The second-order valence-corrected chi connectivity index (χ2v) is 5.47. The highest BCUT2D eigenvalue weighted by Crippen LogP contribution is 2.02.